The Labute approximate surface area is 113 Å². The zero-order chi connectivity index (χ0) is 14.0. The number of rotatable bonds is 11. The van der Waals surface area contributed by atoms with E-state index in [4.69, 9.17) is 9.47 Å². The fourth-order valence-corrected chi connectivity index (χ4v) is 2.16. The smallest absolute Gasteiger partial charge is 0.0615 e. The Hall–Kier alpha value is -0.160. The normalized spacial score (nSPS) is 15.3. The van der Waals surface area contributed by atoms with Crippen molar-refractivity contribution in [3.05, 3.63) is 0 Å². The minimum Gasteiger partial charge on any atom is -0.383 e. The SMILES string of the molecule is COCCN(C(C)CCNC(C)C)C(C)COC. The van der Waals surface area contributed by atoms with Gasteiger partial charge in [0.2, 0.25) is 0 Å². The molecule has 0 aliphatic carbocycles. The van der Waals surface area contributed by atoms with Crippen molar-refractivity contribution in [3.63, 3.8) is 0 Å². The maximum absolute atomic E-state index is 5.26. The van der Waals surface area contributed by atoms with Crippen LogP contribution in [0.3, 0.4) is 0 Å². The van der Waals surface area contributed by atoms with Gasteiger partial charge in [0.05, 0.1) is 13.2 Å². The summed E-state index contributed by atoms with van der Waals surface area (Å²) in [5.74, 6) is 0. The number of nitrogens with one attached hydrogen (secondary N) is 1. The maximum Gasteiger partial charge on any atom is 0.0615 e. The Balaban J connectivity index is 4.16. The van der Waals surface area contributed by atoms with Crippen molar-refractivity contribution in [2.75, 3.05) is 40.5 Å². The third-order valence-corrected chi connectivity index (χ3v) is 3.21. The van der Waals surface area contributed by atoms with E-state index in [1.165, 1.54) is 0 Å². The highest BCUT2D eigenvalue weighted by atomic mass is 16.5. The van der Waals surface area contributed by atoms with Gasteiger partial charge in [0.25, 0.3) is 0 Å². The Morgan fingerprint density at radius 2 is 1.67 bits per heavy atom. The Morgan fingerprint density at radius 1 is 1.00 bits per heavy atom. The molecule has 0 saturated heterocycles. The van der Waals surface area contributed by atoms with Crippen LogP contribution < -0.4 is 5.32 Å². The fourth-order valence-electron chi connectivity index (χ4n) is 2.16. The third-order valence-electron chi connectivity index (χ3n) is 3.21. The molecule has 18 heavy (non-hydrogen) atoms. The summed E-state index contributed by atoms with van der Waals surface area (Å²) >= 11 is 0. The van der Waals surface area contributed by atoms with Crippen molar-refractivity contribution >= 4 is 0 Å². The molecule has 4 nitrogen and oxygen atoms in total. The molecule has 0 aromatic rings. The largest absolute Gasteiger partial charge is 0.383 e. The lowest BCUT2D eigenvalue weighted by Crippen LogP contribution is -2.45. The Kier molecular flexibility index (Phi) is 10.6. The van der Waals surface area contributed by atoms with E-state index in [-0.39, 0.29) is 0 Å². The minimum absolute atomic E-state index is 0.430. The Bertz CT molecular complexity index is 189. The second-order valence-corrected chi connectivity index (χ2v) is 5.28. The molecule has 2 atom stereocenters. The first kappa shape index (κ1) is 17.8. The highest BCUT2D eigenvalue weighted by Gasteiger charge is 2.19. The quantitative estimate of drug-likeness (QED) is 0.613. The van der Waals surface area contributed by atoms with Crippen molar-refractivity contribution in [1.82, 2.24) is 10.2 Å². The van der Waals surface area contributed by atoms with E-state index < -0.39 is 0 Å². The minimum atomic E-state index is 0.430. The molecule has 0 bridgehead atoms. The molecule has 0 heterocycles. The van der Waals surface area contributed by atoms with Crippen molar-refractivity contribution < 1.29 is 9.47 Å². The second kappa shape index (κ2) is 10.7. The lowest BCUT2D eigenvalue weighted by atomic mass is 10.1. The average Bonchev–Trinajstić information content (AvgIpc) is 2.29. The molecular formula is C14H32N2O2. The number of nitrogens with zero attached hydrogens (tertiary/aromatic N) is 1. The van der Waals surface area contributed by atoms with Gasteiger partial charge in [-0.05, 0) is 26.8 Å². The lowest BCUT2D eigenvalue weighted by molar-refractivity contribution is 0.0494. The van der Waals surface area contributed by atoms with Crippen LogP contribution in [-0.4, -0.2) is 63.5 Å². The zero-order valence-corrected chi connectivity index (χ0v) is 13.0. The van der Waals surface area contributed by atoms with Gasteiger partial charge in [-0.15, -0.1) is 0 Å². The van der Waals surface area contributed by atoms with Gasteiger partial charge in [-0.1, -0.05) is 13.8 Å². The highest BCUT2D eigenvalue weighted by molar-refractivity contribution is 4.74. The average molecular weight is 260 g/mol. The first-order chi connectivity index (χ1) is 8.52. The summed E-state index contributed by atoms with van der Waals surface area (Å²) in [7, 11) is 3.51. The van der Waals surface area contributed by atoms with Gasteiger partial charge in [-0.2, -0.15) is 0 Å². The molecule has 0 amide bonds. The molecule has 0 aliphatic heterocycles. The molecule has 0 saturated carbocycles. The Morgan fingerprint density at radius 3 is 2.17 bits per heavy atom. The zero-order valence-electron chi connectivity index (χ0n) is 13.0. The van der Waals surface area contributed by atoms with Crippen LogP contribution in [0, 0.1) is 0 Å². The number of hydrogen-bond donors (Lipinski definition) is 1. The monoisotopic (exact) mass is 260 g/mol. The molecule has 4 heteroatoms. The summed E-state index contributed by atoms with van der Waals surface area (Å²) in [6.45, 7) is 12.4. The van der Waals surface area contributed by atoms with Crippen LogP contribution in [0.4, 0.5) is 0 Å². The molecule has 0 fully saturated rings. The van der Waals surface area contributed by atoms with Crippen molar-refractivity contribution in [1.29, 1.82) is 0 Å². The third kappa shape index (κ3) is 8.03. The number of hydrogen-bond acceptors (Lipinski definition) is 4. The maximum atomic E-state index is 5.26. The molecule has 0 rings (SSSR count). The summed E-state index contributed by atoms with van der Waals surface area (Å²) in [5, 5.41) is 3.47. The fraction of sp³-hybridized carbons (Fsp3) is 1.00. The van der Waals surface area contributed by atoms with Gasteiger partial charge >= 0.3 is 0 Å². The van der Waals surface area contributed by atoms with Gasteiger partial charge in [-0.3, -0.25) is 4.90 Å². The van der Waals surface area contributed by atoms with E-state index in [1.54, 1.807) is 14.2 Å². The van der Waals surface area contributed by atoms with Crippen molar-refractivity contribution in [2.24, 2.45) is 0 Å². The van der Waals surface area contributed by atoms with Gasteiger partial charge in [0.1, 0.15) is 0 Å². The topological polar surface area (TPSA) is 33.7 Å². The van der Waals surface area contributed by atoms with Crippen molar-refractivity contribution in [2.45, 2.75) is 52.2 Å². The summed E-state index contributed by atoms with van der Waals surface area (Å²) in [4.78, 5) is 2.47. The van der Waals surface area contributed by atoms with Gasteiger partial charge < -0.3 is 14.8 Å². The standard InChI is InChI=1S/C14H32N2O2/c1-12(2)15-8-7-13(3)16(9-10-17-5)14(4)11-18-6/h12-15H,7-11H2,1-6H3. The molecule has 0 aromatic heterocycles. The lowest BCUT2D eigenvalue weighted by Gasteiger charge is -2.34. The predicted octanol–water partition coefficient (Wildman–Crippen LogP) is 1.75. The molecule has 0 radical (unpaired) electrons. The first-order valence-corrected chi connectivity index (χ1v) is 6.99. The molecule has 0 aromatic carbocycles. The van der Waals surface area contributed by atoms with E-state index in [2.05, 4.69) is 37.9 Å². The van der Waals surface area contributed by atoms with E-state index >= 15 is 0 Å². The van der Waals surface area contributed by atoms with Gasteiger partial charge in [0, 0.05) is 38.9 Å². The summed E-state index contributed by atoms with van der Waals surface area (Å²) in [6, 6.07) is 1.52. The van der Waals surface area contributed by atoms with Crippen LogP contribution in [-0.2, 0) is 9.47 Å². The summed E-state index contributed by atoms with van der Waals surface area (Å²) in [5.41, 5.74) is 0. The summed E-state index contributed by atoms with van der Waals surface area (Å²) in [6.07, 6.45) is 1.15. The molecular weight excluding hydrogens is 228 g/mol. The van der Waals surface area contributed by atoms with Gasteiger partial charge in [-0.25, -0.2) is 0 Å². The van der Waals surface area contributed by atoms with E-state index in [0.717, 1.165) is 32.7 Å². The molecule has 110 valence electrons. The van der Waals surface area contributed by atoms with Crippen LogP contribution >= 0.6 is 0 Å². The van der Waals surface area contributed by atoms with E-state index in [1.807, 2.05) is 0 Å². The van der Waals surface area contributed by atoms with Crippen LogP contribution in [0.1, 0.15) is 34.1 Å². The molecule has 0 spiro atoms. The van der Waals surface area contributed by atoms with Crippen molar-refractivity contribution in [3.8, 4) is 0 Å². The van der Waals surface area contributed by atoms with Crippen LogP contribution in [0.5, 0.6) is 0 Å². The summed E-state index contributed by atoms with van der Waals surface area (Å²) < 4.78 is 10.5. The second-order valence-electron chi connectivity index (χ2n) is 5.28. The first-order valence-electron chi connectivity index (χ1n) is 6.99. The van der Waals surface area contributed by atoms with E-state index in [9.17, 15) is 0 Å². The molecule has 2 unspecified atom stereocenters. The molecule has 1 N–H and O–H groups in total. The van der Waals surface area contributed by atoms with Gasteiger partial charge in [0.15, 0.2) is 0 Å². The van der Waals surface area contributed by atoms with Crippen LogP contribution in [0.2, 0.25) is 0 Å². The van der Waals surface area contributed by atoms with E-state index in [0.29, 0.717) is 18.1 Å². The highest BCUT2D eigenvalue weighted by Crippen LogP contribution is 2.09. The number of ether oxygens (including phenoxy) is 2. The number of methoxy groups -OCH3 is 2. The predicted molar refractivity (Wildman–Crippen MR) is 77.1 cm³/mol. The van der Waals surface area contributed by atoms with Crippen LogP contribution in [0.15, 0.2) is 0 Å². The van der Waals surface area contributed by atoms with Crippen LogP contribution in [0.25, 0.3) is 0 Å². The molecule has 0 aliphatic rings.